The zero-order chi connectivity index (χ0) is 11.7. The summed E-state index contributed by atoms with van der Waals surface area (Å²) in [7, 11) is 3.64. The molecule has 0 aromatic carbocycles. The highest BCUT2D eigenvalue weighted by Gasteiger charge is 2.37. The van der Waals surface area contributed by atoms with Crippen molar-refractivity contribution in [3.63, 3.8) is 0 Å². The van der Waals surface area contributed by atoms with E-state index in [1.54, 1.807) is 7.05 Å². The van der Waals surface area contributed by atoms with E-state index in [2.05, 4.69) is 17.3 Å². The Morgan fingerprint density at radius 1 is 1.31 bits per heavy atom. The Hall–Kier alpha value is -0.940. The second-order valence-corrected chi connectivity index (χ2v) is 4.82. The van der Waals surface area contributed by atoms with Crippen LogP contribution in [0.5, 0.6) is 0 Å². The van der Waals surface area contributed by atoms with Crippen molar-refractivity contribution in [3.8, 4) is 0 Å². The fraction of sp³-hybridized carbons (Fsp3) is 0.818. The molecule has 0 radical (unpaired) electrons. The van der Waals surface area contributed by atoms with Crippen LogP contribution in [-0.4, -0.2) is 60.9 Å². The molecule has 2 fully saturated rings. The first kappa shape index (κ1) is 11.5. The number of nitrogens with zero attached hydrogens (tertiary/aromatic N) is 2. The van der Waals surface area contributed by atoms with Gasteiger partial charge in [0.15, 0.2) is 0 Å². The van der Waals surface area contributed by atoms with Gasteiger partial charge in [-0.25, -0.2) is 0 Å². The standard InChI is InChI=1S/C11H19N3O2/c1-13-5-3-4-8(7-13)12-9-6-10(15)14(2)11(9)16/h8-9,12H,3-7H2,1-2H3. The molecule has 0 spiro atoms. The molecule has 90 valence electrons. The van der Waals surface area contributed by atoms with Gasteiger partial charge in [0.05, 0.1) is 12.5 Å². The van der Waals surface area contributed by atoms with E-state index in [1.165, 1.54) is 4.90 Å². The van der Waals surface area contributed by atoms with Gasteiger partial charge >= 0.3 is 0 Å². The molecule has 2 rings (SSSR count). The van der Waals surface area contributed by atoms with Crippen molar-refractivity contribution in [1.82, 2.24) is 15.1 Å². The summed E-state index contributed by atoms with van der Waals surface area (Å²) in [5, 5.41) is 3.31. The maximum atomic E-state index is 11.7. The van der Waals surface area contributed by atoms with Crippen LogP contribution < -0.4 is 5.32 Å². The second-order valence-electron chi connectivity index (χ2n) is 4.82. The van der Waals surface area contributed by atoms with E-state index < -0.39 is 0 Å². The Morgan fingerprint density at radius 2 is 2.06 bits per heavy atom. The van der Waals surface area contributed by atoms with Gasteiger partial charge in [-0.1, -0.05) is 0 Å². The number of hydrogen-bond donors (Lipinski definition) is 1. The number of nitrogens with one attached hydrogen (secondary N) is 1. The highest BCUT2D eigenvalue weighted by atomic mass is 16.2. The number of likely N-dealkylation sites (tertiary alicyclic amines) is 2. The number of hydrogen-bond acceptors (Lipinski definition) is 4. The molecule has 5 nitrogen and oxygen atoms in total. The molecule has 2 aliphatic rings. The minimum atomic E-state index is -0.297. The van der Waals surface area contributed by atoms with E-state index in [0.29, 0.717) is 12.5 Å². The van der Waals surface area contributed by atoms with Crippen LogP contribution in [0.15, 0.2) is 0 Å². The zero-order valence-corrected chi connectivity index (χ0v) is 9.90. The van der Waals surface area contributed by atoms with Crippen molar-refractivity contribution in [3.05, 3.63) is 0 Å². The van der Waals surface area contributed by atoms with Gasteiger partial charge in [-0.05, 0) is 26.4 Å². The lowest BCUT2D eigenvalue weighted by molar-refractivity contribution is -0.137. The fourth-order valence-corrected chi connectivity index (χ4v) is 2.47. The maximum Gasteiger partial charge on any atom is 0.246 e. The Balaban J connectivity index is 1.90. The lowest BCUT2D eigenvalue weighted by Gasteiger charge is -2.31. The summed E-state index contributed by atoms with van der Waals surface area (Å²) in [6.07, 6.45) is 2.56. The third kappa shape index (κ3) is 2.25. The van der Waals surface area contributed by atoms with Gasteiger partial charge in [-0.3, -0.25) is 14.5 Å². The monoisotopic (exact) mass is 225 g/mol. The number of amides is 2. The van der Waals surface area contributed by atoms with Crippen molar-refractivity contribution >= 4 is 11.8 Å². The Labute approximate surface area is 95.8 Å². The van der Waals surface area contributed by atoms with Crippen LogP contribution >= 0.6 is 0 Å². The average molecular weight is 225 g/mol. The molecular weight excluding hydrogens is 206 g/mol. The highest BCUT2D eigenvalue weighted by Crippen LogP contribution is 2.14. The first-order valence-electron chi connectivity index (χ1n) is 5.83. The zero-order valence-electron chi connectivity index (χ0n) is 9.90. The SMILES string of the molecule is CN1CCCC(NC2CC(=O)N(C)C2=O)C1. The van der Waals surface area contributed by atoms with Gasteiger partial charge in [0.1, 0.15) is 0 Å². The molecule has 0 saturated carbocycles. The predicted molar refractivity (Wildman–Crippen MR) is 59.8 cm³/mol. The van der Waals surface area contributed by atoms with Crippen LogP contribution in [0.25, 0.3) is 0 Å². The Kier molecular flexibility index (Phi) is 3.25. The van der Waals surface area contributed by atoms with E-state index in [-0.39, 0.29) is 17.9 Å². The molecule has 16 heavy (non-hydrogen) atoms. The van der Waals surface area contributed by atoms with Crippen molar-refractivity contribution in [2.45, 2.75) is 31.3 Å². The van der Waals surface area contributed by atoms with Crippen LogP contribution in [0.2, 0.25) is 0 Å². The van der Waals surface area contributed by atoms with Gasteiger partial charge in [-0.15, -0.1) is 0 Å². The molecule has 0 aromatic rings. The number of carbonyl (C=O) groups excluding carboxylic acids is 2. The summed E-state index contributed by atoms with van der Waals surface area (Å²) in [4.78, 5) is 26.5. The molecule has 0 aromatic heterocycles. The molecule has 2 heterocycles. The van der Waals surface area contributed by atoms with E-state index in [0.717, 1.165) is 25.9 Å². The van der Waals surface area contributed by atoms with Crippen molar-refractivity contribution in [1.29, 1.82) is 0 Å². The first-order chi connectivity index (χ1) is 7.58. The molecule has 1 N–H and O–H groups in total. The number of rotatable bonds is 2. The van der Waals surface area contributed by atoms with E-state index in [1.807, 2.05) is 0 Å². The lowest BCUT2D eigenvalue weighted by atomic mass is 10.0. The van der Waals surface area contributed by atoms with Crippen LogP contribution in [0.1, 0.15) is 19.3 Å². The first-order valence-corrected chi connectivity index (χ1v) is 5.83. The summed E-state index contributed by atoms with van der Waals surface area (Å²) < 4.78 is 0. The van der Waals surface area contributed by atoms with Crippen molar-refractivity contribution in [2.24, 2.45) is 0 Å². The summed E-state index contributed by atoms with van der Waals surface area (Å²) in [6.45, 7) is 2.08. The van der Waals surface area contributed by atoms with E-state index in [4.69, 9.17) is 0 Å². The van der Waals surface area contributed by atoms with Gasteiger partial charge < -0.3 is 10.2 Å². The molecule has 2 aliphatic heterocycles. The molecule has 2 atom stereocenters. The number of imide groups is 1. The van der Waals surface area contributed by atoms with Crippen LogP contribution in [0.4, 0.5) is 0 Å². The molecule has 2 amide bonds. The largest absolute Gasteiger partial charge is 0.305 e. The van der Waals surface area contributed by atoms with Gasteiger partial charge in [0, 0.05) is 19.6 Å². The van der Waals surface area contributed by atoms with E-state index >= 15 is 0 Å². The fourth-order valence-electron chi connectivity index (χ4n) is 2.47. The van der Waals surface area contributed by atoms with Crippen LogP contribution in [0, 0.1) is 0 Å². The van der Waals surface area contributed by atoms with Gasteiger partial charge in [0.25, 0.3) is 0 Å². The highest BCUT2D eigenvalue weighted by molar-refractivity contribution is 6.05. The van der Waals surface area contributed by atoms with Crippen molar-refractivity contribution < 1.29 is 9.59 Å². The molecule has 2 saturated heterocycles. The number of likely N-dealkylation sites (N-methyl/N-ethyl adjacent to an activating group) is 2. The molecule has 2 unspecified atom stereocenters. The molecule has 0 aliphatic carbocycles. The van der Waals surface area contributed by atoms with E-state index in [9.17, 15) is 9.59 Å². The summed E-state index contributed by atoms with van der Waals surface area (Å²) in [6, 6.07) is 0.0426. The molecule has 0 bridgehead atoms. The number of carbonyl (C=O) groups is 2. The Bertz CT molecular complexity index is 306. The quantitative estimate of drug-likeness (QED) is 0.639. The number of piperidine rings is 1. The third-order valence-electron chi connectivity index (χ3n) is 3.44. The van der Waals surface area contributed by atoms with Crippen LogP contribution in [-0.2, 0) is 9.59 Å². The second kappa shape index (κ2) is 4.51. The summed E-state index contributed by atoms with van der Waals surface area (Å²) in [5.41, 5.74) is 0. The lowest BCUT2D eigenvalue weighted by Crippen LogP contribution is -2.50. The minimum Gasteiger partial charge on any atom is -0.305 e. The van der Waals surface area contributed by atoms with Gasteiger partial charge in [0.2, 0.25) is 11.8 Å². The van der Waals surface area contributed by atoms with Crippen molar-refractivity contribution in [2.75, 3.05) is 27.2 Å². The molecular formula is C11H19N3O2. The predicted octanol–water partition coefficient (Wildman–Crippen LogP) is -0.572. The smallest absolute Gasteiger partial charge is 0.246 e. The molecule has 5 heteroatoms. The van der Waals surface area contributed by atoms with Crippen LogP contribution in [0.3, 0.4) is 0 Å². The van der Waals surface area contributed by atoms with Gasteiger partial charge in [-0.2, -0.15) is 0 Å². The maximum absolute atomic E-state index is 11.7. The topological polar surface area (TPSA) is 52.7 Å². The summed E-state index contributed by atoms with van der Waals surface area (Å²) in [5.74, 6) is -0.162. The summed E-state index contributed by atoms with van der Waals surface area (Å²) >= 11 is 0. The minimum absolute atomic E-state index is 0.0772. The third-order valence-corrected chi connectivity index (χ3v) is 3.44. The normalized spacial score (nSPS) is 32.5. The Morgan fingerprint density at radius 3 is 2.62 bits per heavy atom. The average Bonchev–Trinajstić information content (AvgIpc) is 2.47.